The summed E-state index contributed by atoms with van der Waals surface area (Å²) in [5.41, 5.74) is 1.24. The Morgan fingerprint density at radius 1 is 1.20 bits per heavy atom. The van der Waals surface area contributed by atoms with Crippen molar-refractivity contribution in [3.63, 3.8) is 0 Å². The highest BCUT2D eigenvalue weighted by atomic mass is 14.7. The molecule has 0 radical (unpaired) electrons. The monoisotopic (exact) mass is 205 g/mol. The molecule has 84 valence electrons. The second kappa shape index (κ2) is 7.44. The molecule has 1 unspecified atom stereocenters. The standard InChI is InChI=1S/C14H23N/c1-3-4-5-6-9-13(2)12-14-10-7-8-11-15-14/h7-8,10-11,13H,3-6,9,12H2,1-2H3. The Morgan fingerprint density at radius 2 is 2.07 bits per heavy atom. The van der Waals surface area contributed by atoms with Crippen LogP contribution < -0.4 is 0 Å². The van der Waals surface area contributed by atoms with Crippen LogP contribution in [0.2, 0.25) is 0 Å². The van der Waals surface area contributed by atoms with Gasteiger partial charge in [0.2, 0.25) is 0 Å². The van der Waals surface area contributed by atoms with Crippen LogP contribution in [0.1, 0.15) is 51.6 Å². The second-order valence-electron chi connectivity index (χ2n) is 4.48. The third-order valence-corrected chi connectivity index (χ3v) is 2.83. The van der Waals surface area contributed by atoms with E-state index in [0.717, 1.165) is 12.3 Å². The van der Waals surface area contributed by atoms with Crippen LogP contribution >= 0.6 is 0 Å². The molecule has 0 aliphatic heterocycles. The third kappa shape index (κ3) is 5.56. The summed E-state index contributed by atoms with van der Waals surface area (Å²) in [4.78, 5) is 4.36. The zero-order chi connectivity index (χ0) is 10.9. The summed E-state index contributed by atoms with van der Waals surface area (Å²) < 4.78 is 0. The molecule has 0 saturated heterocycles. The van der Waals surface area contributed by atoms with Crippen molar-refractivity contribution < 1.29 is 0 Å². The van der Waals surface area contributed by atoms with E-state index in [2.05, 4.69) is 31.0 Å². The van der Waals surface area contributed by atoms with Crippen molar-refractivity contribution in [2.24, 2.45) is 5.92 Å². The molecule has 0 saturated carbocycles. The Bertz CT molecular complexity index is 243. The number of hydrogen-bond acceptors (Lipinski definition) is 1. The predicted molar refractivity (Wildman–Crippen MR) is 65.9 cm³/mol. The van der Waals surface area contributed by atoms with E-state index in [1.54, 1.807) is 0 Å². The molecule has 0 bridgehead atoms. The molecule has 0 aliphatic rings. The van der Waals surface area contributed by atoms with Gasteiger partial charge in [0, 0.05) is 11.9 Å². The van der Waals surface area contributed by atoms with Crippen LogP contribution in [0, 0.1) is 5.92 Å². The Hall–Kier alpha value is -0.850. The zero-order valence-corrected chi connectivity index (χ0v) is 10.1. The largest absolute Gasteiger partial charge is 0.261 e. The number of aromatic nitrogens is 1. The fraction of sp³-hybridized carbons (Fsp3) is 0.643. The Kier molecular flexibility index (Phi) is 6.06. The average Bonchev–Trinajstić information content (AvgIpc) is 2.26. The minimum absolute atomic E-state index is 0.775. The lowest BCUT2D eigenvalue weighted by molar-refractivity contribution is 0.483. The molecule has 1 nitrogen and oxygen atoms in total. The van der Waals surface area contributed by atoms with E-state index in [9.17, 15) is 0 Å². The van der Waals surface area contributed by atoms with Gasteiger partial charge >= 0.3 is 0 Å². The number of rotatable bonds is 7. The summed E-state index contributed by atoms with van der Waals surface area (Å²) in [7, 11) is 0. The first kappa shape index (κ1) is 12.2. The lowest BCUT2D eigenvalue weighted by atomic mass is 9.98. The first-order valence-electron chi connectivity index (χ1n) is 6.22. The minimum atomic E-state index is 0.775. The van der Waals surface area contributed by atoms with E-state index in [0.29, 0.717) is 0 Å². The summed E-state index contributed by atoms with van der Waals surface area (Å²) in [6, 6.07) is 6.18. The Balaban J connectivity index is 2.16. The molecule has 1 aromatic rings. The van der Waals surface area contributed by atoms with E-state index in [1.165, 1.54) is 37.8 Å². The van der Waals surface area contributed by atoms with Crippen molar-refractivity contribution in [2.75, 3.05) is 0 Å². The number of hydrogen-bond donors (Lipinski definition) is 0. The van der Waals surface area contributed by atoms with Gasteiger partial charge in [-0.1, -0.05) is 52.0 Å². The molecule has 1 heteroatoms. The summed E-state index contributed by atoms with van der Waals surface area (Å²) >= 11 is 0. The zero-order valence-electron chi connectivity index (χ0n) is 10.1. The lowest BCUT2D eigenvalue weighted by Crippen LogP contribution is -2.01. The average molecular weight is 205 g/mol. The molecule has 0 N–H and O–H groups in total. The van der Waals surface area contributed by atoms with Crippen LogP contribution in [0.15, 0.2) is 24.4 Å². The van der Waals surface area contributed by atoms with Gasteiger partial charge in [0.05, 0.1) is 0 Å². The maximum atomic E-state index is 4.36. The van der Waals surface area contributed by atoms with E-state index in [4.69, 9.17) is 0 Å². The fourth-order valence-electron chi connectivity index (χ4n) is 1.90. The van der Waals surface area contributed by atoms with Crippen molar-refractivity contribution in [1.82, 2.24) is 4.98 Å². The summed E-state index contributed by atoms with van der Waals surface area (Å²) in [6.07, 6.45) is 9.85. The smallest absolute Gasteiger partial charge is 0.0406 e. The lowest BCUT2D eigenvalue weighted by Gasteiger charge is -2.10. The number of unbranched alkanes of at least 4 members (excludes halogenated alkanes) is 3. The van der Waals surface area contributed by atoms with Crippen LogP contribution in [0.3, 0.4) is 0 Å². The van der Waals surface area contributed by atoms with E-state index in [-0.39, 0.29) is 0 Å². The van der Waals surface area contributed by atoms with E-state index < -0.39 is 0 Å². The normalized spacial score (nSPS) is 12.7. The SMILES string of the molecule is CCCCCCC(C)Cc1ccccn1. The van der Waals surface area contributed by atoms with Gasteiger partial charge in [-0.25, -0.2) is 0 Å². The Morgan fingerprint density at radius 3 is 2.73 bits per heavy atom. The maximum Gasteiger partial charge on any atom is 0.0406 e. The van der Waals surface area contributed by atoms with Crippen molar-refractivity contribution >= 4 is 0 Å². The molecule has 1 atom stereocenters. The topological polar surface area (TPSA) is 12.9 Å². The van der Waals surface area contributed by atoms with Gasteiger partial charge < -0.3 is 0 Å². The molecule has 1 aromatic heterocycles. The summed E-state index contributed by atoms with van der Waals surface area (Å²) in [5.74, 6) is 0.775. The minimum Gasteiger partial charge on any atom is -0.261 e. The van der Waals surface area contributed by atoms with Crippen molar-refractivity contribution in [3.05, 3.63) is 30.1 Å². The summed E-state index contributed by atoms with van der Waals surface area (Å²) in [6.45, 7) is 4.60. The van der Waals surface area contributed by atoms with Gasteiger partial charge in [-0.05, 0) is 24.5 Å². The molecule has 0 fully saturated rings. The highest BCUT2D eigenvalue weighted by Gasteiger charge is 2.03. The highest BCUT2D eigenvalue weighted by molar-refractivity contribution is 5.03. The van der Waals surface area contributed by atoms with Crippen LogP contribution in [-0.2, 0) is 6.42 Å². The van der Waals surface area contributed by atoms with Gasteiger partial charge in [-0.15, -0.1) is 0 Å². The molecule has 0 spiro atoms. The van der Waals surface area contributed by atoms with Crippen LogP contribution in [0.4, 0.5) is 0 Å². The van der Waals surface area contributed by atoms with Gasteiger partial charge in [-0.2, -0.15) is 0 Å². The molecular formula is C14H23N. The number of pyridine rings is 1. The van der Waals surface area contributed by atoms with Gasteiger partial charge in [0.15, 0.2) is 0 Å². The van der Waals surface area contributed by atoms with E-state index >= 15 is 0 Å². The van der Waals surface area contributed by atoms with E-state index in [1.807, 2.05) is 12.3 Å². The Labute approximate surface area is 93.9 Å². The van der Waals surface area contributed by atoms with Crippen LogP contribution in [0.25, 0.3) is 0 Å². The first-order valence-corrected chi connectivity index (χ1v) is 6.22. The molecule has 1 rings (SSSR count). The van der Waals surface area contributed by atoms with Crippen molar-refractivity contribution in [1.29, 1.82) is 0 Å². The first-order chi connectivity index (χ1) is 7.33. The second-order valence-corrected chi connectivity index (χ2v) is 4.48. The quantitative estimate of drug-likeness (QED) is 0.607. The van der Waals surface area contributed by atoms with Gasteiger partial charge in [0.1, 0.15) is 0 Å². The van der Waals surface area contributed by atoms with Crippen molar-refractivity contribution in [3.8, 4) is 0 Å². The van der Waals surface area contributed by atoms with Crippen LogP contribution in [-0.4, -0.2) is 4.98 Å². The molecule has 0 aliphatic carbocycles. The maximum absolute atomic E-state index is 4.36. The predicted octanol–water partition coefficient (Wildman–Crippen LogP) is 4.23. The molecule has 0 amide bonds. The molecule has 15 heavy (non-hydrogen) atoms. The molecule has 0 aromatic carbocycles. The number of nitrogens with zero attached hydrogens (tertiary/aromatic N) is 1. The van der Waals surface area contributed by atoms with Gasteiger partial charge in [-0.3, -0.25) is 4.98 Å². The third-order valence-electron chi connectivity index (χ3n) is 2.83. The fourth-order valence-corrected chi connectivity index (χ4v) is 1.90. The summed E-state index contributed by atoms with van der Waals surface area (Å²) in [5, 5.41) is 0. The highest BCUT2D eigenvalue weighted by Crippen LogP contribution is 2.14. The van der Waals surface area contributed by atoms with Gasteiger partial charge in [0.25, 0.3) is 0 Å². The molecular weight excluding hydrogens is 182 g/mol. The molecule has 1 heterocycles. The van der Waals surface area contributed by atoms with Crippen LogP contribution in [0.5, 0.6) is 0 Å². The van der Waals surface area contributed by atoms with Crippen molar-refractivity contribution in [2.45, 2.75) is 52.4 Å².